The van der Waals surface area contributed by atoms with Crippen LogP contribution in [0.3, 0.4) is 0 Å². The van der Waals surface area contributed by atoms with E-state index < -0.39 is 5.91 Å². The zero-order valence-electron chi connectivity index (χ0n) is 17.9. The van der Waals surface area contributed by atoms with Gasteiger partial charge in [-0.25, -0.2) is 0 Å². The molecule has 1 aromatic carbocycles. The highest BCUT2D eigenvalue weighted by Crippen LogP contribution is 2.38. The number of fused-ring (bicyclic) bond motifs is 2. The van der Waals surface area contributed by atoms with Gasteiger partial charge >= 0.3 is 0 Å². The molecule has 1 atom stereocenters. The van der Waals surface area contributed by atoms with Crippen molar-refractivity contribution in [1.29, 1.82) is 0 Å². The van der Waals surface area contributed by atoms with Crippen molar-refractivity contribution in [2.24, 2.45) is 0 Å². The lowest BCUT2D eigenvalue weighted by atomic mass is 9.95. The fraction of sp³-hybridized carbons (Fsp3) is 0.375. The Bertz CT molecular complexity index is 1290. The van der Waals surface area contributed by atoms with Crippen molar-refractivity contribution in [3.05, 3.63) is 61.3 Å². The van der Waals surface area contributed by atoms with E-state index in [1.165, 1.54) is 17.4 Å². The van der Waals surface area contributed by atoms with Crippen LogP contribution < -0.4 is 16.1 Å². The standard InChI is InChI=1S/C24H23ClN2O5S/c25-13-7-8-18-16(10-13)17(28)11-19(32-18)22(29)27-24-21(15-5-1-2-6-20(15)33-24)23(30)26-12-14-4-3-9-31-14/h7-8,10-11,14H,1-6,9,12H2,(H,26,30)(H,27,29). The maximum atomic E-state index is 13.1. The number of ether oxygens (including phenoxy) is 1. The van der Waals surface area contributed by atoms with Crippen LogP contribution in [-0.2, 0) is 17.6 Å². The van der Waals surface area contributed by atoms with Crippen molar-refractivity contribution in [2.45, 2.75) is 44.6 Å². The lowest BCUT2D eigenvalue weighted by Gasteiger charge is -2.15. The minimum atomic E-state index is -0.573. The summed E-state index contributed by atoms with van der Waals surface area (Å²) < 4.78 is 11.3. The van der Waals surface area contributed by atoms with Gasteiger partial charge < -0.3 is 19.8 Å². The third kappa shape index (κ3) is 4.55. The number of carbonyl (C=O) groups is 2. The third-order valence-corrected chi connectivity index (χ3v) is 7.50. The fourth-order valence-corrected chi connectivity index (χ4v) is 5.85. The van der Waals surface area contributed by atoms with Gasteiger partial charge in [-0.2, -0.15) is 0 Å². The van der Waals surface area contributed by atoms with E-state index in [1.807, 2.05) is 0 Å². The SMILES string of the molecule is O=C(Nc1sc2c(c1C(=O)NCC1CCCO1)CCCC2)c1cc(=O)c2cc(Cl)ccc2o1. The number of hydrogen-bond acceptors (Lipinski definition) is 6. The first-order valence-corrected chi connectivity index (χ1v) is 12.3. The molecule has 0 spiro atoms. The van der Waals surface area contributed by atoms with Gasteiger partial charge in [0.15, 0.2) is 11.2 Å². The van der Waals surface area contributed by atoms with Crippen LogP contribution in [-0.4, -0.2) is 31.1 Å². The number of carbonyl (C=O) groups excluding carboxylic acids is 2. The number of anilines is 1. The molecule has 0 saturated carbocycles. The second kappa shape index (κ2) is 9.29. The second-order valence-corrected chi connectivity index (χ2v) is 9.87. The summed E-state index contributed by atoms with van der Waals surface area (Å²) in [5, 5.41) is 7.00. The Morgan fingerprint density at radius 3 is 2.79 bits per heavy atom. The first kappa shape index (κ1) is 22.1. The van der Waals surface area contributed by atoms with Gasteiger partial charge in [0.1, 0.15) is 10.6 Å². The Balaban J connectivity index is 1.43. The van der Waals surface area contributed by atoms with Crippen molar-refractivity contribution in [3.63, 3.8) is 0 Å². The van der Waals surface area contributed by atoms with E-state index in [-0.39, 0.29) is 28.8 Å². The summed E-state index contributed by atoms with van der Waals surface area (Å²) in [6.45, 7) is 1.16. The van der Waals surface area contributed by atoms with Gasteiger partial charge in [-0.15, -0.1) is 11.3 Å². The van der Waals surface area contributed by atoms with E-state index in [4.69, 9.17) is 20.8 Å². The first-order chi connectivity index (χ1) is 16.0. The zero-order chi connectivity index (χ0) is 22.9. The number of benzene rings is 1. The highest BCUT2D eigenvalue weighted by molar-refractivity contribution is 7.17. The van der Waals surface area contributed by atoms with Crippen LogP contribution >= 0.6 is 22.9 Å². The summed E-state index contributed by atoms with van der Waals surface area (Å²) in [5.41, 5.74) is 1.43. The van der Waals surface area contributed by atoms with E-state index in [1.54, 1.807) is 12.1 Å². The highest BCUT2D eigenvalue weighted by Gasteiger charge is 2.28. The Morgan fingerprint density at radius 1 is 1.12 bits per heavy atom. The minimum Gasteiger partial charge on any atom is -0.451 e. The van der Waals surface area contributed by atoms with Gasteiger partial charge in [0.2, 0.25) is 0 Å². The van der Waals surface area contributed by atoms with E-state index in [2.05, 4.69) is 10.6 Å². The predicted molar refractivity (Wildman–Crippen MR) is 128 cm³/mol. The number of halogens is 1. The summed E-state index contributed by atoms with van der Waals surface area (Å²) in [6, 6.07) is 5.81. The molecule has 2 aromatic heterocycles. The average Bonchev–Trinajstić information content (AvgIpc) is 3.45. The van der Waals surface area contributed by atoms with Crippen LogP contribution in [0.4, 0.5) is 5.00 Å². The molecule has 1 fully saturated rings. The molecule has 5 rings (SSSR count). The topological polar surface area (TPSA) is 97.6 Å². The number of aryl methyl sites for hydroxylation is 1. The fourth-order valence-electron chi connectivity index (χ4n) is 4.40. The molecule has 1 saturated heterocycles. The van der Waals surface area contributed by atoms with Crippen LogP contribution in [0.1, 0.15) is 57.0 Å². The molecule has 2 aliphatic rings. The van der Waals surface area contributed by atoms with Crippen molar-refractivity contribution in [2.75, 3.05) is 18.5 Å². The van der Waals surface area contributed by atoms with Crippen LogP contribution in [0.25, 0.3) is 11.0 Å². The number of thiophene rings is 1. The molecule has 9 heteroatoms. The molecule has 1 aliphatic heterocycles. The molecule has 33 heavy (non-hydrogen) atoms. The number of nitrogens with one attached hydrogen (secondary N) is 2. The molecule has 1 unspecified atom stereocenters. The van der Waals surface area contributed by atoms with Crippen molar-refractivity contribution < 1.29 is 18.7 Å². The second-order valence-electron chi connectivity index (χ2n) is 8.33. The molecule has 1 aliphatic carbocycles. The van der Waals surface area contributed by atoms with Crippen molar-refractivity contribution >= 4 is 50.7 Å². The maximum Gasteiger partial charge on any atom is 0.292 e. The molecule has 3 aromatic rings. The van der Waals surface area contributed by atoms with Crippen molar-refractivity contribution in [1.82, 2.24) is 5.32 Å². The lowest BCUT2D eigenvalue weighted by Crippen LogP contribution is -2.32. The molecule has 0 bridgehead atoms. The smallest absolute Gasteiger partial charge is 0.292 e. The maximum absolute atomic E-state index is 13.1. The molecule has 172 valence electrons. The lowest BCUT2D eigenvalue weighted by molar-refractivity contribution is 0.0858. The van der Waals surface area contributed by atoms with Crippen LogP contribution in [0.15, 0.2) is 33.5 Å². The summed E-state index contributed by atoms with van der Waals surface area (Å²) in [5.74, 6) is -0.905. The highest BCUT2D eigenvalue weighted by atomic mass is 35.5. The Hall–Kier alpha value is -2.68. The van der Waals surface area contributed by atoms with Gasteiger partial charge in [0.05, 0.1) is 17.1 Å². The molecule has 7 nitrogen and oxygen atoms in total. The third-order valence-electron chi connectivity index (χ3n) is 6.05. The largest absolute Gasteiger partial charge is 0.451 e. The van der Waals surface area contributed by atoms with Gasteiger partial charge in [-0.05, 0) is 62.3 Å². The molecular formula is C24H23ClN2O5S. The Kier molecular flexibility index (Phi) is 6.23. The quantitative estimate of drug-likeness (QED) is 0.551. The number of amides is 2. The summed E-state index contributed by atoms with van der Waals surface area (Å²) >= 11 is 7.38. The van der Waals surface area contributed by atoms with E-state index in [9.17, 15) is 14.4 Å². The molecule has 2 N–H and O–H groups in total. The van der Waals surface area contributed by atoms with Crippen molar-refractivity contribution in [3.8, 4) is 0 Å². The molecule has 2 amide bonds. The summed E-state index contributed by atoms with van der Waals surface area (Å²) in [6.07, 6.45) is 5.70. The predicted octanol–water partition coefficient (Wildman–Crippen LogP) is 4.55. The Morgan fingerprint density at radius 2 is 1.97 bits per heavy atom. The van der Waals surface area contributed by atoms with Crippen LogP contribution in [0.5, 0.6) is 0 Å². The van der Waals surface area contributed by atoms with Crippen LogP contribution in [0, 0.1) is 0 Å². The average molecular weight is 487 g/mol. The normalized spacial score (nSPS) is 17.7. The Labute approximate surface area is 199 Å². The zero-order valence-corrected chi connectivity index (χ0v) is 19.4. The van der Waals surface area contributed by atoms with Gasteiger partial charge in [-0.1, -0.05) is 11.6 Å². The van der Waals surface area contributed by atoms with Gasteiger partial charge in [0.25, 0.3) is 11.8 Å². The summed E-state index contributed by atoms with van der Waals surface area (Å²) in [4.78, 5) is 39.8. The monoisotopic (exact) mass is 486 g/mol. The first-order valence-electron chi connectivity index (χ1n) is 11.1. The van der Waals surface area contributed by atoms with E-state index >= 15 is 0 Å². The molecule has 3 heterocycles. The molecular weight excluding hydrogens is 464 g/mol. The van der Waals surface area contributed by atoms with E-state index in [0.29, 0.717) is 27.5 Å². The molecule has 0 radical (unpaired) electrons. The van der Waals surface area contributed by atoms with Gasteiger partial charge in [0, 0.05) is 29.1 Å². The minimum absolute atomic E-state index is 0.0295. The van der Waals surface area contributed by atoms with Gasteiger partial charge in [-0.3, -0.25) is 14.4 Å². The number of hydrogen-bond donors (Lipinski definition) is 2. The summed E-state index contributed by atoms with van der Waals surface area (Å²) in [7, 11) is 0. The number of rotatable bonds is 5. The van der Waals surface area contributed by atoms with Crippen LogP contribution in [0.2, 0.25) is 5.02 Å². The van der Waals surface area contributed by atoms with E-state index in [0.717, 1.165) is 61.6 Å².